The van der Waals surface area contributed by atoms with Crippen LogP contribution in [0.25, 0.3) is 0 Å². The molecule has 0 N–H and O–H groups in total. The average molecular weight is 238 g/mol. The lowest BCUT2D eigenvalue weighted by atomic mass is 10.0. The highest BCUT2D eigenvalue weighted by Crippen LogP contribution is 2.18. The number of aryl methyl sites for hydroxylation is 1. The summed E-state index contributed by atoms with van der Waals surface area (Å²) in [6, 6.07) is 8.37. The van der Waals surface area contributed by atoms with Gasteiger partial charge in [0.25, 0.3) is 0 Å². The van der Waals surface area contributed by atoms with Gasteiger partial charge in [0, 0.05) is 25.4 Å². The van der Waals surface area contributed by atoms with Crippen LogP contribution in [0.15, 0.2) is 24.3 Å². The van der Waals surface area contributed by atoms with Gasteiger partial charge in [-0.3, -0.25) is 4.79 Å². The van der Waals surface area contributed by atoms with Crippen molar-refractivity contribution in [1.82, 2.24) is 4.90 Å². The van der Waals surface area contributed by atoms with Crippen molar-refractivity contribution in [3.63, 3.8) is 0 Å². The molecule has 86 valence electrons. The number of hydrogen-bond donors (Lipinski definition) is 0. The summed E-state index contributed by atoms with van der Waals surface area (Å²) >= 11 is 5.61. The molecule has 1 heterocycles. The lowest BCUT2D eigenvalue weighted by Gasteiger charge is -2.20. The summed E-state index contributed by atoms with van der Waals surface area (Å²) in [6.45, 7) is 1.59. The van der Waals surface area contributed by atoms with E-state index in [0.29, 0.717) is 12.3 Å². The molecule has 1 aliphatic rings. The van der Waals surface area contributed by atoms with Gasteiger partial charge in [-0.15, -0.1) is 11.6 Å². The van der Waals surface area contributed by atoms with Gasteiger partial charge < -0.3 is 4.90 Å². The molecule has 1 aromatic carbocycles. The van der Waals surface area contributed by atoms with E-state index in [1.165, 1.54) is 11.1 Å². The van der Waals surface area contributed by atoms with Crippen molar-refractivity contribution in [1.29, 1.82) is 0 Å². The second-order valence-corrected chi connectivity index (χ2v) is 4.50. The predicted molar refractivity (Wildman–Crippen MR) is 65.5 cm³/mol. The number of rotatable bonds is 2. The summed E-state index contributed by atoms with van der Waals surface area (Å²) < 4.78 is 0. The van der Waals surface area contributed by atoms with Gasteiger partial charge in [-0.1, -0.05) is 24.3 Å². The SMILES string of the molecule is O=C(CCCl)N1CCCc2ccccc2C1. The van der Waals surface area contributed by atoms with E-state index in [9.17, 15) is 4.79 Å². The molecule has 3 heteroatoms. The monoisotopic (exact) mass is 237 g/mol. The minimum absolute atomic E-state index is 0.173. The number of alkyl halides is 1. The molecule has 0 atom stereocenters. The van der Waals surface area contributed by atoms with E-state index < -0.39 is 0 Å². The van der Waals surface area contributed by atoms with Gasteiger partial charge in [0.05, 0.1) is 0 Å². The van der Waals surface area contributed by atoms with Gasteiger partial charge in [-0.2, -0.15) is 0 Å². The van der Waals surface area contributed by atoms with Crippen LogP contribution in [0.3, 0.4) is 0 Å². The number of fused-ring (bicyclic) bond motifs is 1. The van der Waals surface area contributed by atoms with Crippen LogP contribution in [-0.2, 0) is 17.8 Å². The Labute approximate surface area is 101 Å². The van der Waals surface area contributed by atoms with Gasteiger partial charge in [0.1, 0.15) is 0 Å². The molecular formula is C13H16ClNO. The topological polar surface area (TPSA) is 20.3 Å². The highest BCUT2D eigenvalue weighted by Gasteiger charge is 2.17. The fourth-order valence-corrected chi connectivity index (χ4v) is 2.31. The van der Waals surface area contributed by atoms with Crippen molar-refractivity contribution in [3.05, 3.63) is 35.4 Å². The molecule has 0 fully saturated rings. The Hall–Kier alpha value is -1.02. The molecule has 2 rings (SSSR count). The molecule has 1 amide bonds. The van der Waals surface area contributed by atoms with Crippen LogP contribution in [0.4, 0.5) is 0 Å². The Morgan fingerprint density at radius 1 is 1.31 bits per heavy atom. The molecule has 16 heavy (non-hydrogen) atoms. The molecular weight excluding hydrogens is 222 g/mol. The number of halogens is 1. The van der Waals surface area contributed by atoms with Gasteiger partial charge in [-0.05, 0) is 24.0 Å². The maximum absolute atomic E-state index is 11.8. The number of carbonyl (C=O) groups excluding carboxylic acids is 1. The highest BCUT2D eigenvalue weighted by atomic mass is 35.5. The molecule has 0 aromatic heterocycles. The first-order chi connectivity index (χ1) is 7.81. The first-order valence-corrected chi connectivity index (χ1v) is 6.25. The summed E-state index contributed by atoms with van der Waals surface area (Å²) in [6.07, 6.45) is 2.57. The third-order valence-electron chi connectivity index (χ3n) is 3.01. The Kier molecular flexibility index (Phi) is 3.83. The maximum atomic E-state index is 11.8. The van der Waals surface area contributed by atoms with Crippen molar-refractivity contribution in [2.45, 2.75) is 25.8 Å². The highest BCUT2D eigenvalue weighted by molar-refractivity contribution is 6.18. The van der Waals surface area contributed by atoms with Crippen molar-refractivity contribution < 1.29 is 4.79 Å². The Morgan fingerprint density at radius 3 is 2.81 bits per heavy atom. The quantitative estimate of drug-likeness (QED) is 0.724. The maximum Gasteiger partial charge on any atom is 0.224 e. The van der Waals surface area contributed by atoms with Crippen molar-refractivity contribution in [2.75, 3.05) is 12.4 Å². The van der Waals surface area contributed by atoms with Gasteiger partial charge in [0.2, 0.25) is 5.91 Å². The van der Waals surface area contributed by atoms with Crippen LogP contribution in [0.1, 0.15) is 24.0 Å². The van der Waals surface area contributed by atoms with E-state index in [2.05, 4.69) is 18.2 Å². The van der Waals surface area contributed by atoms with E-state index in [-0.39, 0.29) is 5.91 Å². The zero-order valence-corrected chi connectivity index (χ0v) is 10.0. The standard InChI is InChI=1S/C13H16ClNO/c14-8-7-13(16)15-9-3-6-11-4-1-2-5-12(11)10-15/h1-2,4-5H,3,6-10H2. The minimum atomic E-state index is 0.173. The number of carbonyl (C=O) groups is 1. The zero-order valence-electron chi connectivity index (χ0n) is 9.29. The van der Waals surface area contributed by atoms with Gasteiger partial charge in [-0.25, -0.2) is 0 Å². The smallest absolute Gasteiger partial charge is 0.224 e. The van der Waals surface area contributed by atoms with Gasteiger partial charge >= 0.3 is 0 Å². The third kappa shape index (κ3) is 2.56. The average Bonchev–Trinajstić information content (AvgIpc) is 2.51. The Bertz CT molecular complexity index is 378. The van der Waals surface area contributed by atoms with Crippen LogP contribution in [0, 0.1) is 0 Å². The Balaban J connectivity index is 2.13. The molecule has 1 aliphatic heterocycles. The van der Waals surface area contributed by atoms with Crippen LogP contribution in [0.2, 0.25) is 0 Å². The normalized spacial score (nSPS) is 15.4. The first kappa shape index (κ1) is 11.5. The van der Waals surface area contributed by atoms with E-state index in [1.54, 1.807) is 0 Å². The molecule has 0 radical (unpaired) electrons. The fourth-order valence-electron chi connectivity index (χ4n) is 2.15. The molecule has 0 bridgehead atoms. The van der Waals surface area contributed by atoms with Crippen LogP contribution < -0.4 is 0 Å². The van der Waals surface area contributed by atoms with E-state index in [4.69, 9.17) is 11.6 Å². The first-order valence-electron chi connectivity index (χ1n) is 5.72. The van der Waals surface area contributed by atoms with Crippen molar-refractivity contribution in [3.8, 4) is 0 Å². The second-order valence-electron chi connectivity index (χ2n) is 4.13. The van der Waals surface area contributed by atoms with Gasteiger partial charge in [0.15, 0.2) is 0 Å². The largest absolute Gasteiger partial charge is 0.338 e. The zero-order chi connectivity index (χ0) is 11.4. The number of hydrogen-bond acceptors (Lipinski definition) is 1. The third-order valence-corrected chi connectivity index (χ3v) is 3.20. The predicted octanol–water partition coefficient (Wildman–Crippen LogP) is 2.59. The summed E-state index contributed by atoms with van der Waals surface area (Å²) in [5.74, 6) is 0.587. The molecule has 0 saturated carbocycles. The number of benzene rings is 1. The number of nitrogens with zero attached hydrogens (tertiary/aromatic N) is 1. The Morgan fingerprint density at radius 2 is 2.06 bits per heavy atom. The lowest BCUT2D eigenvalue weighted by molar-refractivity contribution is -0.131. The summed E-state index contributed by atoms with van der Waals surface area (Å²) in [5.41, 5.74) is 2.66. The molecule has 0 unspecified atom stereocenters. The fraction of sp³-hybridized carbons (Fsp3) is 0.462. The minimum Gasteiger partial charge on any atom is -0.338 e. The second kappa shape index (κ2) is 5.35. The molecule has 0 aliphatic carbocycles. The van der Waals surface area contributed by atoms with E-state index in [1.807, 2.05) is 11.0 Å². The van der Waals surface area contributed by atoms with E-state index in [0.717, 1.165) is 25.9 Å². The molecule has 0 saturated heterocycles. The molecule has 1 aromatic rings. The molecule has 2 nitrogen and oxygen atoms in total. The van der Waals surface area contributed by atoms with Crippen LogP contribution in [-0.4, -0.2) is 23.2 Å². The lowest BCUT2D eigenvalue weighted by Crippen LogP contribution is -2.30. The molecule has 0 spiro atoms. The van der Waals surface area contributed by atoms with E-state index >= 15 is 0 Å². The van der Waals surface area contributed by atoms with Crippen LogP contribution >= 0.6 is 11.6 Å². The number of amides is 1. The van der Waals surface area contributed by atoms with Crippen molar-refractivity contribution >= 4 is 17.5 Å². The summed E-state index contributed by atoms with van der Waals surface area (Å²) in [7, 11) is 0. The summed E-state index contributed by atoms with van der Waals surface area (Å²) in [5, 5.41) is 0. The summed E-state index contributed by atoms with van der Waals surface area (Å²) in [4.78, 5) is 13.7. The van der Waals surface area contributed by atoms with Crippen molar-refractivity contribution in [2.24, 2.45) is 0 Å². The van der Waals surface area contributed by atoms with Crippen LogP contribution in [0.5, 0.6) is 0 Å².